The Labute approximate surface area is 117 Å². The van der Waals surface area contributed by atoms with E-state index in [0.717, 1.165) is 30.1 Å². The minimum Gasteiger partial charge on any atom is -0.480 e. The first kappa shape index (κ1) is 14.9. The van der Waals surface area contributed by atoms with Crippen molar-refractivity contribution in [2.75, 3.05) is 0 Å². The van der Waals surface area contributed by atoms with Gasteiger partial charge in [-0.1, -0.05) is 12.8 Å². The summed E-state index contributed by atoms with van der Waals surface area (Å²) in [4.78, 5) is 10.5. The molecule has 0 spiro atoms. The van der Waals surface area contributed by atoms with Crippen molar-refractivity contribution in [1.29, 1.82) is 0 Å². The zero-order valence-corrected chi connectivity index (χ0v) is 11.7. The number of hydrogen-bond donors (Lipinski definition) is 3. The number of aliphatic carboxylic acids is 1. The highest BCUT2D eigenvalue weighted by atomic mass is 32.2. The topological polar surface area (TPSA) is 127 Å². The number of sulfonamides is 1. The van der Waals surface area contributed by atoms with Gasteiger partial charge in [0.1, 0.15) is 11.4 Å². The van der Waals surface area contributed by atoms with Crippen molar-refractivity contribution in [2.24, 2.45) is 5.73 Å². The first-order valence-electron chi connectivity index (χ1n) is 6.40. The number of nitrogens with two attached hydrogens (primary N) is 1. The molecular weight excluding hydrogens is 284 g/mol. The summed E-state index contributed by atoms with van der Waals surface area (Å²) in [7, 11) is -3.71. The molecule has 1 aromatic heterocycles. The number of rotatable bonds is 5. The second-order valence-electron chi connectivity index (χ2n) is 4.94. The van der Waals surface area contributed by atoms with E-state index in [1.165, 1.54) is 6.20 Å². The summed E-state index contributed by atoms with van der Waals surface area (Å²) in [5.41, 5.74) is 5.91. The van der Waals surface area contributed by atoms with Gasteiger partial charge in [0.05, 0.1) is 6.20 Å². The molecule has 0 aliphatic heterocycles. The molecule has 1 aliphatic carbocycles. The number of hydrogen-bond acceptors (Lipinski definition) is 5. The predicted octanol–water partition coefficient (Wildman–Crippen LogP) is -0.484. The van der Waals surface area contributed by atoms with Crippen molar-refractivity contribution in [3.63, 3.8) is 0 Å². The summed E-state index contributed by atoms with van der Waals surface area (Å²) in [6.45, 7) is -0.377. The van der Waals surface area contributed by atoms with E-state index in [2.05, 4.69) is 9.82 Å². The number of nitrogens with one attached hydrogen (secondary N) is 1. The van der Waals surface area contributed by atoms with Gasteiger partial charge in [-0.15, -0.1) is 0 Å². The van der Waals surface area contributed by atoms with Gasteiger partial charge in [0.15, 0.2) is 0 Å². The predicted molar refractivity (Wildman–Crippen MR) is 70.4 cm³/mol. The maximum absolute atomic E-state index is 12.2. The van der Waals surface area contributed by atoms with Crippen LogP contribution in [-0.2, 0) is 21.4 Å². The third kappa shape index (κ3) is 3.56. The maximum atomic E-state index is 12.2. The standard InChI is InChI=1S/C11H18N4O4S/c12-9-3-1-2-4-10(9)14-20(18,19)8-5-13-15(6-8)7-11(16)17/h5-6,9-10,14H,1-4,7,12H2,(H,16,17). The van der Waals surface area contributed by atoms with E-state index < -0.39 is 16.0 Å². The molecule has 1 heterocycles. The molecule has 0 bridgehead atoms. The Kier molecular flexibility index (Phi) is 4.41. The maximum Gasteiger partial charge on any atom is 0.325 e. The molecule has 0 radical (unpaired) electrons. The molecule has 1 saturated carbocycles. The fourth-order valence-corrected chi connectivity index (χ4v) is 3.56. The first-order chi connectivity index (χ1) is 9.38. The van der Waals surface area contributed by atoms with Crippen LogP contribution in [0.4, 0.5) is 0 Å². The molecule has 20 heavy (non-hydrogen) atoms. The summed E-state index contributed by atoms with van der Waals surface area (Å²) < 4.78 is 28.0. The molecule has 2 rings (SSSR count). The van der Waals surface area contributed by atoms with Gasteiger partial charge in [0, 0.05) is 18.3 Å². The molecule has 2 atom stereocenters. The van der Waals surface area contributed by atoms with Crippen molar-refractivity contribution in [1.82, 2.24) is 14.5 Å². The van der Waals surface area contributed by atoms with Crippen molar-refractivity contribution in [3.05, 3.63) is 12.4 Å². The van der Waals surface area contributed by atoms with Gasteiger partial charge in [0.2, 0.25) is 10.0 Å². The Balaban J connectivity index is 2.09. The van der Waals surface area contributed by atoms with Crippen LogP contribution in [0.25, 0.3) is 0 Å². The molecule has 1 aliphatic rings. The van der Waals surface area contributed by atoms with Gasteiger partial charge in [-0.2, -0.15) is 5.10 Å². The summed E-state index contributed by atoms with van der Waals surface area (Å²) in [6, 6.07) is -0.468. The summed E-state index contributed by atoms with van der Waals surface area (Å²) in [6.07, 6.45) is 5.80. The zero-order chi connectivity index (χ0) is 14.8. The Morgan fingerprint density at radius 1 is 1.50 bits per heavy atom. The Morgan fingerprint density at radius 3 is 2.85 bits per heavy atom. The Bertz CT molecular complexity index is 583. The minimum atomic E-state index is -3.71. The Hall–Kier alpha value is -1.45. The smallest absolute Gasteiger partial charge is 0.325 e. The summed E-state index contributed by atoms with van der Waals surface area (Å²) in [5, 5.41) is 12.4. The van der Waals surface area contributed by atoms with Gasteiger partial charge < -0.3 is 10.8 Å². The molecule has 8 nitrogen and oxygen atoms in total. The van der Waals surface area contributed by atoms with E-state index in [-0.39, 0.29) is 23.5 Å². The molecule has 1 fully saturated rings. The van der Waals surface area contributed by atoms with Crippen molar-refractivity contribution >= 4 is 16.0 Å². The molecule has 112 valence electrons. The van der Waals surface area contributed by atoms with Crippen LogP contribution in [0.5, 0.6) is 0 Å². The molecule has 1 aromatic rings. The second kappa shape index (κ2) is 5.90. The third-order valence-corrected chi connectivity index (χ3v) is 4.79. The molecular formula is C11H18N4O4S. The van der Waals surface area contributed by atoms with E-state index in [4.69, 9.17) is 10.8 Å². The van der Waals surface area contributed by atoms with Crippen LogP contribution in [0.15, 0.2) is 17.3 Å². The van der Waals surface area contributed by atoms with Crippen LogP contribution < -0.4 is 10.5 Å². The van der Waals surface area contributed by atoms with Crippen molar-refractivity contribution in [2.45, 2.75) is 49.2 Å². The van der Waals surface area contributed by atoms with Crippen LogP contribution in [0.2, 0.25) is 0 Å². The summed E-state index contributed by atoms with van der Waals surface area (Å²) in [5.74, 6) is -1.08. The van der Waals surface area contributed by atoms with Gasteiger partial charge in [-0.25, -0.2) is 13.1 Å². The minimum absolute atomic E-state index is 0.0449. The van der Waals surface area contributed by atoms with Crippen molar-refractivity contribution < 1.29 is 18.3 Å². The van der Waals surface area contributed by atoms with Gasteiger partial charge >= 0.3 is 5.97 Å². The monoisotopic (exact) mass is 302 g/mol. The number of nitrogens with zero attached hydrogens (tertiary/aromatic N) is 2. The average molecular weight is 302 g/mol. The number of carboxylic acid groups (broad SMARTS) is 1. The molecule has 2 unspecified atom stereocenters. The molecule has 0 saturated heterocycles. The van der Waals surface area contributed by atoms with E-state index in [1.807, 2.05) is 0 Å². The number of carbonyl (C=O) groups is 1. The SMILES string of the molecule is NC1CCCCC1NS(=O)(=O)c1cnn(CC(=O)O)c1. The lowest BCUT2D eigenvalue weighted by Crippen LogP contribution is -2.49. The van der Waals surface area contributed by atoms with Gasteiger partial charge in [-0.05, 0) is 12.8 Å². The van der Waals surface area contributed by atoms with Gasteiger partial charge in [0.25, 0.3) is 0 Å². The highest BCUT2D eigenvalue weighted by Gasteiger charge is 2.27. The van der Waals surface area contributed by atoms with Crippen LogP contribution in [-0.4, -0.2) is 41.4 Å². The first-order valence-corrected chi connectivity index (χ1v) is 7.89. The number of aromatic nitrogens is 2. The number of carboxylic acids is 1. The third-order valence-electron chi connectivity index (χ3n) is 3.34. The molecule has 0 aromatic carbocycles. The molecule has 0 amide bonds. The highest BCUT2D eigenvalue weighted by Crippen LogP contribution is 2.19. The fraction of sp³-hybridized carbons (Fsp3) is 0.636. The van der Waals surface area contributed by atoms with E-state index in [1.54, 1.807) is 0 Å². The fourth-order valence-electron chi connectivity index (χ4n) is 2.28. The average Bonchev–Trinajstić information content (AvgIpc) is 2.80. The zero-order valence-electron chi connectivity index (χ0n) is 10.9. The lowest BCUT2D eigenvalue weighted by Gasteiger charge is -2.28. The van der Waals surface area contributed by atoms with Crippen LogP contribution >= 0.6 is 0 Å². The largest absolute Gasteiger partial charge is 0.480 e. The normalized spacial score (nSPS) is 23.6. The van der Waals surface area contributed by atoms with Crippen molar-refractivity contribution in [3.8, 4) is 0 Å². The van der Waals surface area contributed by atoms with E-state index in [9.17, 15) is 13.2 Å². The Morgan fingerprint density at radius 2 is 2.20 bits per heavy atom. The quantitative estimate of drug-likeness (QED) is 0.674. The van der Waals surface area contributed by atoms with E-state index >= 15 is 0 Å². The van der Waals surface area contributed by atoms with E-state index in [0.29, 0.717) is 6.42 Å². The van der Waals surface area contributed by atoms with Crippen LogP contribution in [0, 0.1) is 0 Å². The summed E-state index contributed by atoms with van der Waals surface area (Å²) >= 11 is 0. The van der Waals surface area contributed by atoms with Crippen LogP contribution in [0.1, 0.15) is 25.7 Å². The van der Waals surface area contributed by atoms with Gasteiger partial charge in [-0.3, -0.25) is 9.48 Å². The lowest BCUT2D eigenvalue weighted by atomic mass is 9.92. The lowest BCUT2D eigenvalue weighted by molar-refractivity contribution is -0.137. The molecule has 4 N–H and O–H groups in total. The highest BCUT2D eigenvalue weighted by molar-refractivity contribution is 7.89. The second-order valence-corrected chi connectivity index (χ2v) is 6.66. The molecule has 9 heteroatoms. The van der Waals surface area contributed by atoms with Crippen LogP contribution in [0.3, 0.4) is 0 Å².